The molecule has 0 aliphatic carbocycles. The fourth-order valence-corrected chi connectivity index (χ4v) is 4.49. The summed E-state index contributed by atoms with van der Waals surface area (Å²) in [4.78, 5) is 6.39. The minimum Gasteiger partial charge on any atom is -0.493 e. The molecule has 0 bridgehead atoms. The highest BCUT2D eigenvalue weighted by Gasteiger charge is 2.42. The number of piperidine rings is 1. The van der Waals surface area contributed by atoms with Crippen molar-refractivity contribution in [3.8, 4) is 17.2 Å². The molecule has 194 valence electrons. The molecule has 8 nitrogen and oxygen atoms in total. The molecule has 0 radical (unpaired) electrons. The molecule has 9 heteroatoms. The quantitative estimate of drug-likeness (QED) is 0.419. The molecule has 2 heterocycles. The van der Waals surface area contributed by atoms with Crippen LogP contribution in [0.1, 0.15) is 24.7 Å². The third kappa shape index (κ3) is 6.34. The molecule has 1 saturated heterocycles. The first-order valence-electron chi connectivity index (χ1n) is 12.2. The number of rotatable bonds is 11. The minimum absolute atomic E-state index is 0.138. The van der Waals surface area contributed by atoms with Crippen LogP contribution in [0.5, 0.6) is 17.2 Å². The molecular formula is C27H34FN3O5. The SMILES string of the molecule is CCc1nccn1CCOc1ccc(CN2CC[C@H](O)[C@@](O)(COc3cccc(F)c3)C2)cc1OC. The van der Waals surface area contributed by atoms with Crippen molar-refractivity contribution in [2.45, 2.75) is 44.6 Å². The number of β-amino-alcohol motifs (C(OH)–C–C–N with tert-alkyl or cyclic N) is 1. The molecule has 4 rings (SSSR count). The van der Waals surface area contributed by atoms with E-state index >= 15 is 0 Å². The van der Waals surface area contributed by atoms with Crippen molar-refractivity contribution in [3.63, 3.8) is 0 Å². The van der Waals surface area contributed by atoms with Gasteiger partial charge >= 0.3 is 0 Å². The molecule has 1 aliphatic rings. The van der Waals surface area contributed by atoms with Crippen LogP contribution in [0.15, 0.2) is 54.9 Å². The van der Waals surface area contributed by atoms with Gasteiger partial charge in [0, 0.05) is 44.5 Å². The average Bonchev–Trinajstić information content (AvgIpc) is 3.33. The lowest BCUT2D eigenvalue weighted by Crippen LogP contribution is -2.59. The molecule has 2 atom stereocenters. The number of ether oxygens (including phenoxy) is 3. The van der Waals surface area contributed by atoms with Gasteiger partial charge in [0.25, 0.3) is 0 Å². The van der Waals surface area contributed by atoms with Crippen LogP contribution in [0.4, 0.5) is 4.39 Å². The van der Waals surface area contributed by atoms with Crippen LogP contribution in [0.25, 0.3) is 0 Å². The molecule has 0 saturated carbocycles. The number of likely N-dealkylation sites (tertiary alicyclic amines) is 1. The van der Waals surface area contributed by atoms with Gasteiger partial charge in [0.1, 0.15) is 36.2 Å². The number of methoxy groups -OCH3 is 1. The van der Waals surface area contributed by atoms with Gasteiger partial charge in [-0.2, -0.15) is 0 Å². The Kier molecular flexibility index (Phi) is 8.45. The fraction of sp³-hybridized carbons (Fsp3) is 0.444. The molecule has 36 heavy (non-hydrogen) atoms. The van der Waals surface area contributed by atoms with Gasteiger partial charge in [-0.3, -0.25) is 4.90 Å². The van der Waals surface area contributed by atoms with Gasteiger partial charge in [-0.25, -0.2) is 9.37 Å². The first kappa shape index (κ1) is 25.9. The number of halogens is 1. The first-order valence-corrected chi connectivity index (χ1v) is 12.2. The van der Waals surface area contributed by atoms with Gasteiger partial charge in [0.2, 0.25) is 0 Å². The van der Waals surface area contributed by atoms with Crippen LogP contribution >= 0.6 is 0 Å². The molecule has 1 aromatic heterocycles. The summed E-state index contributed by atoms with van der Waals surface area (Å²) in [6, 6.07) is 11.5. The molecule has 1 fully saturated rings. The number of aliphatic hydroxyl groups excluding tert-OH is 1. The minimum atomic E-state index is -1.47. The van der Waals surface area contributed by atoms with Gasteiger partial charge in [0.05, 0.1) is 19.8 Å². The predicted molar refractivity (Wildman–Crippen MR) is 133 cm³/mol. The van der Waals surface area contributed by atoms with Crippen molar-refractivity contribution in [1.29, 1.82) is 0 Å². The highest BCUT2D eigenvalue weighted by molar-refractivity contribution is 5.43. The predicted octanol–water partition coefficient (Wildman–Crippen LogP) is 3.05. The Morgan fingerprint density at radius 1 is 1.17 bits per heavy atom. The third-order valence-electron chi connectivity index (χ3n) is 6.46. The number of nitrogens with zero attached hydrogens (tertiary/aromatic N) is 3. The van der Waals surface area contributed by atoms with Gasteiger partial charge in [-0.15, -0.1) is 0 Å². The smallest absolute Gasteiger partial charge is 0.161 e. The first-order chi connectivity index (χ1) is 17.4. The molecule has 1 aliphatic heterocycles. The maximum absolute atomic E-state index is 13.4. The number of aryl methyl sites for hydroxylation is 1. The van der Waals surface area contributed by atoms with E-state index in [1.807, 2.05) is 24.4 Å². The number of hydrogen-bond acceptors (Lipinski definition) is 7. The summed E-state index contributed by atoms with van der Waals surface area (Å²) in [6.07, 6.45) is 4.07. The zero-order valence-electron chi connectivity index (χ0n) is 20.8. The molecule has 3 aromatic rings. The van der Waals surface area contributed by atoms with E-state index in [0.29, 0.717) is 49.9 Å². The zero-order valence-corrected chi connectivity index (χ0v) is 20.8. The zero-order chi connectivity index (χ0) is 25.5. The summed E-state index contributed by atoms with van der Waals surface area (Å²) in [6.45, 7) is 4.51. The number of imidazole rings is 1. The van der Waals surface area contributed by atoms with Gasteiger partial charge in [-0.05, 0) is 36.2 Å². The number of aromatic nitrogens is 2. The summed E-state index contributed by atoms with van der Waals surface area (Å²) >= 11 is 0. The van der Waals surface area contributed by atoms with Crippen molar-refractivity contribution in [3.05, 3.63) is 72.1 Å². The standard InChI is InChI=1S/C27H34FN3O5/c1-3-26-29-10-12-31(26)13-14-35-23-8-7-20(15-24(23)34-2)17-30-11-9-25(32)27(33,18-30)19-36-22-6-4-5-21(28)16-22/h4-8,10,12,15-16,25,32-33H,3,9,11,13-14,17-19H2,1-2H3/t25-,27-/m0/s1. The molecule has 2 N–H and O–H groups in total. The monoisotopic (exact) mass is 499 g/mol. The van der Waals surface area contributed by atoms with E-state index < -0.39 is 17.5 Å². The van der Waals surface area contributed by atoms with Crippen LogP contribution in [-0.4, -0.2) is 69.8 Å². The lowest BCUT2D eigenvalue weighted by Gasteiger charge is -2.42. The summed E-state index contributed by atoms with van der Waals surface area (Å²) < 4.78 is 32.7. The second-order valence-electron chi connectivity index (χ2n) is 9.09. The molecule has 0 amide bonds. The van der Waals surface area contributed by atoms with E-state index in [4.69, 9.17) is 14.2 Å². The van der Waals surface area contributed by atoms with E-state index in [9.17, 15) is 14.6 Å². The van der Waals surface area contributed by atoms with Crippen LogP contribution in [0.2, 0.25) is 0 Å². The third-order valence-corrected chi connectivity index (χ3v) is 6.46. The van der Waals surface area contributed by atoms with Gasteiger partial charge in [-0.1, -0.05) is 19.1 Å². The van der Waals surface area contributed by atoms with E-state index in [0.717, 1.165) is 17.8 Å². The van der Waals surface area contributed by atoms with E-state index in [-0.39, 0.29) is 13.2 Å². The molecule has 0 unspecified atom stereocenters. The Bertz CT molecular complexity index is 1140. The molecule has 0 spiro atoms. The second-order valence-corrected chi connectivity index (χ2v) is 9.09. The van der Waals surface area contributed by atoms with Crippen molar-refractivity contribution in [1.82, 2.24) is 14.5 Å². The Hall–Kier alpha value is -3.14. The Morgan fingerprint density at radius 2 is 2.03 bits per heavy atom. The summed E-state index contributed by atoms with van der Waals surface area (Å²) in [7, 11) is 1.61. The van der Waals surface area contributed by atoms with Gasteiger partial charge < -0.3 is 29.0 Å². The normalized spacial score (nSPS) is 20.3. The van der Waals surface area contributed by atoms with E-state index in [1.54, 1.807) is 25.4 Å². The van der Waals surface area contributed by atoms with Crippen LogP contribution in [0.3, 0.4) is 0 Å². The van der Waals surface area contributed by atoms with Crippen LogP contribution < -0.4 is 14.2 Å². The number of benzene rings is 2. The highest BCUT2D eigenvalue weighted by atomic mass is 19.1. The van der Waals surface area contributed by atoms with Crippen molar-refractivity contribution in [2.75, 3.05) is 33.4 Å². The number of hydrogen-bond donors (Lipinski definition) is 2. The summed E-state index contributed by atoms with van der Waals surface area (Å²) in [5, 5.41) is 21.6. The second kappa shape index (κ2) is 11.7. The maximum atomic E-state index is 13.4. The van der Waals surface area contributed by atoms with Crippen molar-refractivity contribution in [2.24, 2.45) is 0 Å². The summed E-state index contributed by atoms with van der Waals surface area (Å²) in [5.74, 6) is 2.21. The van der Waals surface area contributed by atoms with E-state index in [2.05, 4.69) is 21.4 Å². The lowest BCUT2D eigenvalue weighted by atomic mass is 9.90. The lowest BCUT2D eigenvalue weighted by molar-refractivity contribution is -0.140. The average molecular weight is 500 g/mol. The number of aliphatic hydroxyl groups is 2. The van der Waals surface area contributed by atoms with Crippen molar-refractivity contribution >= 4 is 0 Å². The maximum Gasteiger partial charge on any atom is 0.161 e. The Labute approximate surface area is 210 Å². The summed E-state index contributed by atoms with van der Waals surface area (Å²) in [5.41, 5.74) is -0.477. The topological polar surface area (TPSA) is 89.2 Å². The van der Waals surface area contributed by atoms with Crippen LogP contribution in [0, 0.1) is 5.82 Å². The van der Waals surface area contributed by atoms with E-state index in [1.165, 1.54) is 12.1 Å². The highest BCUT2D eigenvalue weighted by Crippen LogP contribution is 2.30. The Morgan fingerprint density at radius 3 is 2.81 bits per heavy atom. The largest absolute Gasteiger partial charge is 0.493 e. The fourth-order valence-electron chi connectivity index (χ4n) is 4.49. The van der Waals surface area contributed by atoms with Crippen LogP contribution in [-0.2, 0) is 19.5 Å². The van der Waals surface area contributed by atoms with Gasteiger partial charge in [0.15, 0.2) is 11.5 Å². The van der Waals surface area contributed by atoms with Crippen molar-refractivity contribution < 1.29 is 28.8 Å². The Balaban J connectivity index is 1.35. The molecular weight excluding hydrogens is 465 g/mol. The molecule has 2 aromatic carbocycles.